The highest BCUT2D eigenvalue weighted by molar-refractivity contribution is 5.96. The zero-order valence-electron chi connectivity index (χ0n) is 19.1. The van der Waals surface area contributed by atoms with Gasteiger partial charge in [0.25, 0.3) is 0 Å². The van der Waals surface area contributed by atoms with Crippen molar-refractivity contribution in [3.63, 3.8) is 0 Å². The molecule has 33 heavy (non-hydrogen) atoms. The number of carbonyl (C=O) groups is 2. The first-order valence-corrected chi connectivity index (χ1v) is 11.9. The van der Waals surface area contributed by atoms with Crippen LogP contribution in [-0.2, 0) is 14.3 Å². The van der Waals surface area contributed by atoms with Crippen molar-refractivity contribution >= 4 is 11.8 Å². The molecule has 0 spiro atoms. The molecule has 2 aliphatic carbocycles. The van der Waals surface area contributed by atoms with Crippen LogP contribution in [0.2, 0.25) is 0 Å². The van der Waals surface area contributed by atoms with Gasteiger partial charge in [-0.3, -0.25) is 9.59 Å². The number of hydrogen-bond acceptors (Lipinski definition) is 6. The summed E-state index contributed by atoms with van der Waals surface area (Å²) in [5.41, 5.74) is 1.30. The number of rotatable bonds is 7. The third-order valence-corrected chi connectivity index (χ3v) is 6.97. The minimum absolute atomic E-state index is 0.0341. The van der Waals surface area contributed by atoms with E-state index < -0.39 is 24.2 Å². The average Bonchev–Trinajstić information content (AvgIpc) is 3.00. The third-order valence-electron chi connectivity index (χ3n) is 6.97. The van der Waals surface area contributed by atoms with Crippen LogP contribution in [0.1, 0.15) is 50.0 Å². The summed E-state index contributed by atoms with van der Waals surface area (Å²) in [4.78, 5) is 28.1. The summed E-state index contributed by atoms with van der Waals surface area (Å²) in [6, 6.07) is 6.73. The van der Waals surface area contributed by atoms with Crippen molar-refractivity contribution < 1.29 is 29.3 Å². The fourth-order valence-electron chi connectivity index (χ4n) is 5.51. The molecule has 0 aromatic heterocycles. The van der Waals surface area contributed by atoms with Gasteiger partial charge in [-0.2, -0.15) is 0 Å². The average molecular weight is 459 g/mol. The van der Waals surface area contributed by atoms with Crippen LogP contribution < -0.4 is 10.1 Å². The molecule has 0 radical (unpaired) electrons. The molecule has 1 heterocycles. The van der Waals surface area contributed by atoms with Crippen molar-refractivity contribution in [1.29, 1.82) is 0 Å². The maximum absolute atomic E-state index is 13.2. The standard InChI is InChI=1S/C25H34N2O6/c1-32-15-21(29)27(16-8-4-2-3-5-9-16)19-14-18(25(31)26-12-13-28)22-17-10-6-7-11-20(17)33-24(22)23(19)30/h6-7,10-11,14,16,19,22-24,28,30H,2-5,8-9,12-13,15H2,1H3,(H,26,31). The van der Waals surface area contributed by atoms with E-state index in [-0.39, 0.29) is 37.6 Å². The number of aliphatic hydroxyl groups excluding tert-OH is 2. The number of hydrogen-bond donors (Lipinski definition) is 3. The summed E-state index contributed by atoms with van der Waals surface area (Å²) in [6.45, 7) is -0.139. The van der Waals surface area contributed by atoms with Gasteiger partial charge in [-0.15, -0.1) is 0 Å². The van der Waals surface area contributed by atoms with Crippen molar-refractivity contribution in [2.24, 2.45) is 0 Å². The minimum Gasteiger partial charge on any atom is -0.486 e. The topological polar surface area (TPSA) is 108 Å². The zero-order valence-corrected chi connectivity index (χ0v) is 19.1. The Kier molecular flexibility index (Phi) is 7.67. The van der Waals surface area contributed by atoms with Gasteiger partial charge in [0.2, 0.25) is 11.8 Å². The Bertz CT molecular complexity index is 879. The van der Waals surface area contributed by atoms with E-state index in [4.69, 9.17) is 9.47 Å². The van der Waals surface area contributed by atoms with E-state index in [2.05, 4.69) is 5.32 Å². The lowest BCUT2D eigenvalue weighted by atomic mass is 9.77. The van der Waals surface area contributed by atoms with Gasteiger partial charge >= 0.3 is 0 Å². The van der Waals surface area contributed by atoms with Crippen LogP contribution in [0.5, 0.6) is 5.75 Å². The van der Waals surface area contributed by atoms with Crippen molar-refractivity contribution in [2.75, 3.05) is 26.9 Å². The van der Waals surface area contributed by atoms with Crippen molar-refractivity contribution in [3.8, 4) is 5.75 Å². The van der Waals surface area contributed by atoms with Crippen LogP contribution in [0.15, 0.2) is 35.9 Å². The number of benzene rings is 1. The second-order valence-corrected chi connectivity index (χ2v) is 9.06. The van der Waals surface area contributed by atoms with E-state index in [1.165, 1.54) is 7.11 Å². The van der Waals surface area contributed by atoms with Crippen LogP contribution in [0.4, 0.5) is 0 Å². The molecule has 4 unspecified atom stereocenters. The molecule has 0 bridgehead atoms. The molecule has 3 aliphatic rings. The van der Waals surface area contributed by atoms with Crippen molar-refractivity contribution in [1.82, 2.24) is 10.2 Å². The first kappa shape index (κ1) is 23.7. The molecule has 1 fully saturated rings. The Balaban J connectivity index is 1.75. The highest BCUT2D eigenvalue weighted by atomic mass is 16.5. The number of fused-ring (bicyclic) bond motifs is 3. The predicted octanol–water partition coefficient (Wildman–Crippen LogP) is 1.51. The molecular weight excluding hydrogens is 424 g/mol. The predicted molar refractivity (Wildman–Crippen MR) is 122 cm³/mol. The van der Waals surface area contributed by atoms with Crippen molar-refractivity contribution in [2.45, 2.75) is 68.7 Å². The Morgan fingerprint density at radius 2 is 1.91 bits per heavy atom. The van der Waals surface area contributed by atoms with Crippen LogP contribution >= 0.6 is 0 Å². The lowest BCUT2D eigenvalue weighted by molar-refractivity contribution is -0.144. The van der Waals surface area contributed by atoms with Gasteiger partial charge in [0, 0.05) is 30.8 Å². The molecule has 1 aliphatic heterocycles. The van der Waals surface area contributed by atoms with Gasteiger partial charge < -0.3 is 29.9 Å². The molecule has 2 amide bonds. The van der Waals surface area contributed by atoms with E-state index in [9.17, 15) is 19.8 Å². The molecule has 4 rings (SSSR count). The highest BCUT2D eigenvalue weighted by Crippen LogP contribution is 2.47. The second kappa shape index (κ2) is 10.7. The van der Waals surface area contributed by atoms with Gasteiger partial charge in [0.05, 0.1) is 18.6 Å². The molecule has 1 aromatic rings. The maximum atomic E-state index is 13.2. The Labute approximate surface area is 194 Å². The van der Waals surface area contributed by atoms with Crippen LogP contribution in [-0.4, -0.2) is 78.1 Å². The number of amides is 2. The quantitative estimate of drug-likeness (QED) is 0.535. The van der Waals surface area contributed by atoms with Crippen LogP contribution in [0.3, 0.4) is 0 Å². The summed E-state index contributed by atoms with van der Waals surface area (Å²) < 4.78 is 11.3. The highest BCUT2D eigenvalue weighted by Gasteiger charge is 2.51. The molecule has 8 nitrogen and oxygen atoms in total. The first-order valence-electron chi connectivity index (χ1n) is 11.9. The molecule has 180 valence electrons. The largest absolute Gasteiger partial charge is 0.486 e. The summed E-state index contributed by atoms with van der Waals surface area (Å²) in [5, 5.41) is 23.4. The van der Waals surface area contributed by atoms with E-state index in [1.807, 2.05) is 24.3 Å². The smallest absolute Gasteiger partial charge is 0.249 e. The van der Waals surface area contributed by atoms with E-state index in [0.717, 1.165) is 44.1 Å². The molecule has 4 atom stereocenters. The Hall–Kier alpha value is -2.42. The number of methoxy groups -OCH3 is 1. The normalized spacial score (nSPS) is 26.9. The summed E-state index contributed by atoms with van der Waals surface area (Å²) in [7, 11) is 1.48. The first-order chi connectivity index (χ1) is 16.1. The fraction of sp³-hybridized carbons (Fsp3) is 0.600. The number of carbonyl (C=O) groups excluding carboxylic acids is 2. The fourth-order valence-corrected chi connectivity index (χ4v) is 5.51. The molecule has 3 N–H and O–H groups in total. The molecule has 1 aromatic carbocycles. The van der Waals surface area contributed by atoms with Gasteiger partial charge in [-0.1, -0.05) is 43.9 Å². The van der Waals surface area contributed by atoms with Crippen LogP contribution in [0, 0.1) is 0 Å². The third kappa shape index (κ3) is 4.78. The van der Waals surface area contributed by atoms with E-state index in [0.29, 0.717) is 11.3 Å². The van der Waals surface area contributed by atoms with Crippen LogP contribution in [0.25, 0.3) is 0 Å². The van der Waals surface area contributed by atoms with Gasteiger partial charge in [0.1, 0.15) is 24.6 Å². The van der Waals surface area contributed by atoms with Gasteiger partial charge in [-0.05, 0) is 25.0 Å². The molecule has 8 heteroatoms. The number of para-hydroxylation sites is 1. The van der Waals surface area contributed by atoms with Crippen molar-refractivity contribution in [3.05, 3.63) is 41.5 Å². The molecule has 1 saturated carbocycles. The summed E-state index contributed by atoms with van der Waals surface area (Å²) in [6.07, 6.45) is 6.06. The Morgan fingerprint density at radius 1 is 1.18 bits per heavy atom. The lowest BCUT2D eigenvalue weighted by Crippen LogP contribution is -2.59. The zero-order chi connectivity index (χ0) is 23.4. The number of nitrogens with zero attached hydrogens (tertiary/aromatic N) is 1. The monoisotopic (exact) mass is 458 g/mol. The van der Waals surface area contributed by atoms with E-state index >= 15 is 0 Å². The second-order valence-electron chi connectivity index (χ2n) is 9.06. The summed E-state index contributed by atoms with van der Waals surface area (Å²) in [5.74, 6) is -0.331. The Morgan fingerprint density at radius 3 is 2.61 bits per heavy atom. The van der Waals surface area contributed by atoms with Gasteiger partial charge in [0.15, 0.2) is 0 Å². The molecular formula is C25H34N2O6. The number of nitrogens with one attached hydrogen (secondary N) is 1. The number of ether oxygens (including phenoxy) is 2. The van der Waals surface area contributed by atoms with E-state index in [1.54, 1.807) is 11.0 Å². The molecule has 0 saturated heterocycles. The maximum Gasteiger partial charge on any atom is 0.249 e. The lowest BCUT2D eigenvalue weighted by Gasteiger charge is -2.44. The SMILES string of the molecule is COCC(=O)N(C1CCCCCC1)C1C=C(C(=O)NCCO)C2c3ccccc3OC2C1O. The van der Waals surface area contributed by atoms with Gasteiger partial charge in [-0.25, -0.2) is 0 Å². The number of aliphatic hydroxyl groups is 2. The minimum atomic E-state index is -0.999. The summed E-state index contributed by atoms with van der Waals surface area (Å²) >= 11 is 0.